The van der Waals surface area contributed by atoms with Gasteiger partial charge in [0, 0.05) is 23.8 Å². The Bertz CT molecular complexity index is 775. The van der Waals surface area contributed by atoms with Gasteiger partial charge >= 0.3 is 0 Å². The van der Waals surface area contributed by atoms with E-state index < -0.39 is 0 Å². The molecule has 2 aliphatic heterocycles. The molecule has 2 atom stereocenters. The normalized spacial score (nSPS) is 25.2. The molecule has 0 unspecified atom stereocenters. The van der Waals surface area contributed by atoms with Crippen molar-refractivity contribution in [3.05, 3.63) is 53.5 Å². The fourth-order valence-corrected chi connectivity index (χ4v) is 4.93. The summed E-state index contributed by atoms with van der Waals surface area (Å²) >= 11 is 5.62. The zero-order chi connectivity index (χ0) is 18.8. The lowest BCUT2D eigenvalue weighted by Gasteiger charge is -2.48. The first-order valence-corrected chi connectivity index (χ1v) is 10.4. The topological polar surface area (TPSA) is 40.4 Å². The summed E-state index contributed by atoms with van der Waals surface area (Å²) in [6.07, 6.45) is 7.94. The number of nitrogens with zero attached hydrogens (tertiary/aromatic N) is 1. The van der Waals surface area contributed by atoms with Gasteiger partial charge in [-0.1, -0.05) is 18.6 Å². The highest BCUT2D eigenvalue weighted by molar-refractivity contribution is 7.80. The van der Waals surface area contributed by atoms with Crippen molar-refractivity contribution < 1.29 is 4.42 Å². The van der Waals surface area contributed by atoms with Gasteiger partial charge in [-0.25, -0.2) is 0 Å². The molecule has 2 saturated heterocycles. The minimum absolute atomic E-state index is 0.443. The number of fused-ring (bicyclic) bond motifs is 2. The van der Waals surface area contributed by atoms with Crippen molar-refractivity contribution in [1.82, 2.24) is 10.2 Å². The van der Waals surface area contributed by atoms with E-state index in [0.717, 1.165) is 35.9 Å². The molecule has 0 radical (unpaired) electrons. The molecule has 27 heavy (non-hydrogen) atoms. The second kappa shape index (κ2) is 8.03. The zero-order valence-electron chi connectivity index (χ0n) is 16.2. The number of aryl methyl sites for hydroxylation is 2. The lowest BCUT2D eigenvalue weighted by atomic mass is 9.81. The van der Waals surface area contributed by atoms with Gasteiger partial charge in [-0.2, -0.15) is 0 Å². The summed E-state index contributed by atoms with van der Waals surface area (Å²) in [4.78, 5) is 2.65. The molecule has 1 aromatic carbocycles. The van der Waals surface area contributed by atoms with Gasteiger partial charge in [0.2, 0.25) is 0 Å². The van der Waals surface area contributed by atoms with Crippen molar-refractivity contribution in [2.75, 3.05) is 5.32 Å². The van der Waals surface area contributed by atoms with Crippen LogP contribution in [0.3, 0.4) is 0 Å². The maximum Gasteiger partial charge on any atom is 0.171 e. The van der Waals surface area contributed by atoms with Gasteiger partial charge in [0.25, 0.3) is 0 Å². The van der Waals surface area contributed by atoms with Crippen LogP contribution in [0.4, 0.5) is 5.69 Å². The molecule has 0 aliphatic carbocycles. The molecule has 144 valence electrons. The van der Waals surface area contributed by atoms with Crippen LogP contribution in [0.5, 0.6) is 0 Å². The second-order valence-electron chi connectivity index (χ2n) is 8.08. The van der Waals surface area contributed by atoms with Gasteiger partial charge in [0.15, 0.2) is 5.11 Å². The number of rotatable bonds is 4. The molecular weight excluding hydrogens is 354 g/mol. The van der Waals surface area contributed by atoms with Gasteiger partial charge in [-0.05, 0) is 81.1 Å². The van der Waals surface area contributed by atoms with Gasteiger partial charge in [0.1, 0.15) is 5.76 Å². The molecule has 2 N–H and O–H groups in total. The maximum atomic E-state index is 5.62. The zero-order valence-corrected chi connectivity index (χ0v) is 17.0. The van der Waals surface area contributed by atoms with Crippen LogP contribution in [0, 0.1) is 13.8 Å². The van der Waals surface area contributed by atoms with E-state index in [4.69, 9.17) is 16.6 Å². The average molecular weight is 384 g/mol. The molecule has 2 bridgehead atoms. The van der Waals surface area contributed by atoms with Gasteiger partial charge in [-0.15, -0.1) is 0 Å². The van der Waals surface area contributed by atoms with Gasteiger partial charge < -0.3 is 15.1 Å². The lowest BCUT2D eigenvalue weighted by Crippen LogP contribution is -2.56. The quantitative estimate of drug-likeness (QED) is 0.745. The number of hydrogen-bond acceptors (Lipinski definition) is 3. The van der Waals surface area contributed by atoms with Crippen molar-refractivity contribution in [3.8, 4) is 0 Å². The third-order valence-corrected chi connectivity index (χ3v) is 6.24. The lowest BCUT2D eigenvalue weighted by molar-refractivity contribution is 0.0161. The minimum atomic E-state index is 0.443. The van der Waals surface area contributed by atoms with Crippen molar-refractivity contribution in [2.24, 2.45) is 0 Å². The smallest absolute Gasteiger partial charge is 0.171 e. The number of hydrogen-bond donors (Lipinski definition) is 2. The summed E-state index contributed by atoms with van der Waals surface area (Å²) in [5.41, 5.74) is 3.56. The summed E-state index contributed by atoms with van der Waals surface area (Å²) in [5, 5.41) is 7.74. The van der Waals surface area contributed by atoms with E-state index in [1.165, 1.54) is 30.4 Å². The Balaban J connectivity index is 1.37. The summed E-state index contributed by atoms with van der Waals surface area (Å²) in [6.45, 7) is 5.15. The molecule has 0 amide bonds. The number of piperidine rings is 2. The van der Waals surface area contributed by atoms with Crippen LogP contribution < -0.4 is 10.6 Å². The first-order chi connectivity index (χ1) is 13.1. The number of benzene rings is 1. The highest BCUT2D eigenvalue weighted by Crippen LogP contribution is 2.35. The van der Waals surface area contributed by atoms with E-state index >= 15 is 0 Å². The summed E-state index contributed by atoms with van der Waals surface area (Å²) in [6, 6.07) is 12.2. The van der Waals surface area contributed by atoms with Crippen LogP contribution in [-0.2, 0) is 6.54 Å². The fraction of sp³-hybridized carbons (Fsp3) is 0.500. The Kier molecular flexibility index (Phi) is 5.50. The Hall–Kier alpha value is -1.85. The predicted octanol–water partition coefficient (Wildman–Crippen LogP) is 4.77. The highest BCUT2D eigenvalue weighted by Gasteiger charge is 2.38. The standard InChI is InChI=1S/C22H29N3OS/c1-15-8-9-16(2)21(11-15)24-22(27)23-17-12-18-5-3-6-19(13-17)25(18)14-20-7-4-10-26-20/h4,7-11,17-19H,3,5-6,12-14H2,1-2H3,(H2,23,24,27)/t18-,19-/m1/s1. The summed E-state index contributed by atoms with van der Waals surface area (Å²) in [7, 11) is 0. The maximum absolute atomic E-state index is 5.62. The molecule has 2 aliphatic rings. The van der Waals surface area contributed by atoms with Crippen LogP contribution in [0.15, 0.2) is 41.0 Å². The average Bonchev–Trinajstić information content (AvgIpc) is 3.12. The minimum Gasteiger partial charge on any atom is -0.468 e. The number of anilines is 1. The first-order valence-electron chi connectivity index (χ1n) is 10.0. The molecule has 0 spiro atoms. The molecule has 4 nitrogen and oxygen atoms in total. The fourth-order valence-electron chi connectivity index (χ4n) is 4.65. The highest BCUT2D eigenvalue weighted by atomic mass is 32.1. The van der Waals surface area contributed by atoms with Crippen molar-refractivity contribution in [1.29, 1.82) is 0 Å². The molecule has 5 heteroatoms. The monoisotopic (exact) mass is 383 g/mol. The third kappa shape index (κ3) is 4.36. The number of thiocarbonyl (C=S) groups is 1. The summed E-state index contributed by atoms with van der Waals surface area (Å²) in [5.74, 6) is 1.07. The Morgan fingerprint density at radius 1 is 1.19 bits per heavy atom. The largest absolute Gasteiger partial charge is 0.468 e. The molecule has 2 fully saturated rings. The van der Waals surface area contributed by atoms with Crippen LogP contribution >= 0.6 is 12.2 Å². The molecule has 4 rings (SSSR count). The van der Waals surface area contributed by atoms with Crippen molar-refractivity contribution >= 4 is 23.0 Å². The van der Waals surface area contributed by atoms with E-state index in [2.05, 4.69) is 53.6 Å². The Morgan fingerprint density at radius 3 is 2.67 bits per heavy atom. The molecule has 3 heterocycles. The molecule has 0 saturated carbocycles. The van der Waals surface area contributed by atoms with Gasteiger partial charge in [0.05, 0.1) is 12.8 Å². The van der Waals surface area contributed by atoms with Crippen LogP contribution in [0.25, 0.3) is 0 Å². The van der Waals surface area contributed by atoms with Crippen molar-refractivity contribution in [3.63, 3.8) is 0 Å². The number of nitrogens with one attached hydrogen (secondary N) is 2. The Labute approximate surface area is 167 Å². The molecular formula is C22H29N3OS. The molecule has 1 aromatic heterocycles. The SMILES string of the molecule is Cc1ccc(C)c(NC(=S)NC2C[C@H]3CCC[C@H](C2)N3Cc2ccco2)c1. The van der Waals surface area contributed by atoms with Crippen LogP contribution in [0.1, 0.15) is 49.0 Å². The Morgan fingerprint density at radius 2 is 1.96 bits per heavy atom. The van der Waals surface area contributed by atoms with Crippen LogP contribution in [0.2, 0.25) is 0 Å². The number of furan rings is 1. The van der Waals surface area contributed by atoms with E-state index in [1.807, 2.05) is 6.07 Å². The van der Waals surface area contributed by atoms with Crippen molar-refractivity contribution in [2.45, 2.75) is 70.6 Å². The van der Waals surface area contributed by atoms with E-state index in [-0.39, 0.29) is 0 Å². The predicted molar refractivity (Wildman–Crippen MR) is 114 cm³/mol. The summed E-state index contributed by atoms with van der Waals surface area (Å²) < 4.78 is 5.59. The first kappa shape index (κ1) is 18.5. The van der Waals surface area contributed by atoms with Gasteiger partial charge in [-0.3, -0.25) is 4.90 Å². The van der Waals surface area contributed by atoms with E-state index in [0.29, 0.717) is 18.1 Å². The van der Waals surface area contributed by atoms with E-state index in [1.54, 1.807) is 6.26 Å². The third-order valence-electron chi connectivity index (χ3n) is 6.02. The molecule has 2 aromatic rings. The van der Waals surface area contributed by atoms with E-state index in [9.17, 15) is 0 Å². The van der Waals surface area contributed by atoms with Crippen LogP contribution in [-0.4, -0.2) is 28.1 Å². The second-order valence-corrected chi connectivity index (χ2v) is 8.48.